The van der Waals surface area contributed by atoms with Gasteiger partial charge in [0.05, 0.1) is 22.8 Å². The zero-order chi connectivity index (χ0) is 20.9. The van der Waals surface area contributed by atoms with Gasteiger partial charge in [0.25, 0.3) is 0 Å². The molecule has 0 aliphatic heterocycles. The molecule has 4 aromatic carbocycles. The molecule has 2 heteroatoms. The van der Waals surface area contributed by atoms with E-state index >= 15 is 0 Å². The number of hydrogen-bond acceptors (Lipinski definition) is 2. The van der Waals surface area contributed by atoms with E-state index in [-0.39, 0.29) is 0 Å². The molecule has 0 bridgehead atoms. The third-order valence-corrected chi connectivity index (χ3v) is 5.32. The van der Waals surface area contributed by atoms with Crippen LogP contribution in [0.5, 0.6) is 0 Å². The molecule has 0 aliphatic carbocycles. The highest BCUT2D eigenvalue weighted by Gasteiger charge is 2.18. The Bertz CT molecular complexity index is 1270. The first kappa shape index (κ1) is 19.0. The summed E-state index contributed by atoms with van der Waals surface area (Å²) in [6.45, 7) is 0. The second-order valence-electron chi connectivity index (χ2n) is 7.48. The molecule has 5 rings (SSSR count). The van der Waals surface area contributed by atoms with Crippen LogP contribution in [0.3, 0.4) is 0 Å². The third-order valence-electron chi connectivity index (χ3n) is 5.32. The maximum atomic E-state index is 5.23. The van der Waals surface area contributed by atoms with Crippen molar-refractivity contribution < 1.29 is 0 Å². The molecule has 2 nitrogen and oxygen atoms in total. The number of benzene rings is 4. The van der Waals surface area contributed by atoms with Crippen molar-refractivity contribution >= 4 is 0 Å². The smallest absolute Gasteiger partial charge is 0.0973 e. The van der Waals surface area contributed by atoms with E-state index in [4.69, 9.17) is 9.97 Å². The molecule has 0 radical (unpaired) electrons. The number of hydrogen-bond donors (Lipinski definition) is 0. The summed E-state index contributed by atoms with van der Waals surface area (Å²) in [4.78, 5) is 10.5. The largest absolute Gasteiger partial charge is 0.248 e. The van der Waals surface area contributed by atoms with Gasteiger partial charge in [0.15, 0.2) is 0 Å². The Morgan fingerprint density at radius 2 is 0.774 bits per heavy atom. The fourth-order valence-electron chi connectivity index (χ4n) is 3.80. The molecule has 1 heterocycles. The van der Waals surface area contributed by atoms with Crippen molar-refractivity contribution in [2.45, 2.75) is 6.42 Å². The lowest BCUT2D eigenvalue weighted by Gasteiger charge is -2.16. The fourth-order valence-corrected chi connectivity index (χ4v) is 3.80. The van der Waals surface area contributed by atoms with Crippen molar-refractivity contribution in [2.24, 2.45) is 0 Å². The maximum Gasteiger partial charge on any atom is 0.0973 e. The molecule has 0 N–H and O–H groups in total. The van der Waals surface area contributed by atoms with Crippen LogP contribution < -0.4 is 0 Å². The molecule has 5 aromatic rings. The Morgan fingerprint density at radius 3 is 1.26 bits per heavy atom. The van der Waals surface area contributed by atoms with Crippen LogP contribution in [0, 0.1) is 0 Å². The van der Waals surface area contributed by atoms with E-state index in [1.807, 2.05) is 48.5 Å². The normalized spacial score (nSPS) is 10.7. The van der Waals surface area contributed by atoms with Gasteiger partial charge in [-0.25, -0.2) is 9.97 Å². The van der Waals surface area contributed by atoms with Crippen LogP contribution in [-0.2, 0) is 6.42 Å². The van der Waals surface area contributed by atoms with Gasteiger partial charge in [0.2, 0.25) is 0 Å². The zero-order valence-corrected chi connectivity index (χ0v) is 17.1. The molecule has 0 atom stereocenters. The lowest BCUT2D eigenvalue weighted by Crippen LogP contribution is -2.04. The number of nitrogens with zero attached hydrogens (tertiary/aromatic N) is 2. The Kier molecular flexibility index (Phi) is 5.36. The molecule has 0 saturated heterocycles. The van der Waals surface area contributed by atoms with Crippen molar-refractivity contribution in [3.8, 4) is 33.8 Å². The van der Waals surface area contributed by atoms with Gasteiger partial charge >= 0.3 is 0 Å². The number of aromatic nitrogens is 2. The first-order chi connectivity index (χ1) is 15.4. The van der Waals surface area contributed by atoms with E-state index in [2.05, 4.69) is 72.8 Å². The Morgan fingerprint density at radius 1 is 0.387 bits per heavy atom. The van der Waals surface area contributed by atoms with Crippen LogP contribution in [0.4, 0.5) is 0 Å². The Hall–Kier alpha value is -4.04. The second-order valence-corrected chi connectivity index (χ2v) is 7.48. The average molecular weight is 399 g/mol. The predicted molar refractivity (Wildman–Crippen MR) is 128 cm³/mol. The minimum atomic E-state index is 0.729. The summed E-state index contributed by atoms with van der Waals surface area (Å²) in [7, 11) is 0. The minimum Gasteiger partial charge on any atom is -0.248 e. The lowest BCUT2D eigenvalue weighted by atomic mass is 9.99. The average Bonchev–Trinajstić information content (AvgIpc) is 2.86. The monoisotopic (exact) mass is 398 g/mol. The van der Waals surface area contributed by atoms with Gasteiger partial charge in [-0.2, -0.15) is 0 Å². The number of rotatable bonds is 5. The van der Waals surface area contributed by atoms with Crippen molar-refractivity contribution in [1.29, 1.82) is 0 Å². The predicted octanol–water partition coefficient (Wildman–Crippen LogP) is 7.07. The SMILES string of the molecule is c1ccc(Cc2nc(-c3ccccc3)c(-c3ccccc3)nc2-c2ccccc2)cc1. The molecule has 0 aliphatic rings. The topological polar surface area (TPSA) is 25.8 Å². The fraction of sp³-hybridized carbons (Fsp3) is 0.0345. The highest BCUT2D eigenvalue weighted by Crippen LogP contribution is 2.33. The first-order valence-electron chi connectivity index (χ1n) is 10.5. The van der Waals surface area contributed by atoms with Gasteiger partial charge in [0.1, 0.15) is 0 Å². The van der Waals surface area contributed by atoms with Gasteiger partial charge in [-0.1, -0.05) is 121 Å². The standard InChI is InChI=1S/C29H22N2/c1-5-13-22(14-6-1)21-26-27(23-15-7-2-8-16-23)31-29(25-19-11-4-12-20-25)28(30-26)24-17-9-3-10-18-24/h1-20H,21H2. The molecule has 0 unspecified atom stereocenters. The molecule has 148 valence electrons. The summed E-state index contributed by atoms with van der Waals surface area (Å²) in [6, 6.07) is 41.5. The van der Waals surface area contributed by atoms with E-state index in [1.165, 1.54) is 5.56 Å². The van der Waals surface area contributed by atoms with Gasteiger partial charge < -0.3 is 0 Å². The first-order valence-corrected chi connectivity index (χ1v) is 10.5. The molecular weight excluding hydrogens is 376 g/mol. The molecule has 0 fully saturated rings. The third kappa shape index (κ3) is 4.15. The van der Waals surface area contributed by atoms with Gasteiger partial charge in [-0.05, 0) is 5.56 Å². The lowest BCUT2D eigenvalue weighted by molar-refractivity contribution is 1.04. The molecule has 1 aromatic heterocycles. The van der Waals surface area contributed by atoms with E-state index in [1.54, 1.807) is 0 Å². The molecular formula is C29H22N2. The van der Waals surface area contributed by atoms with Crippen LogP contribution in [0.1, 0.15) is 11.3 Å². The highest BCUT2D eigenvalue weighted by molar-refractivity contribution is 5.80. The van der Waals surface area contributed by atoms with Crippen molar-refractivity contribution in [3.63, 3.8) is 0 Å². The Balaban J connectivity index is 1.76. The quantitative estimate of drug-likeness (QED) is 0.316. The molecule has 0 saturated carbocycles. The summed E-state index contributed by atoms with van der Waals surface area (Å²) in [5, 5.41) is 0. The minimum absolute atomic E-state index is 0.729. The van der Waals surface area contributed by atoms with Crippen molar-refractivity contribution in [3.05, 3.63) is 133 Å². The zero-order valence-electron chi connectivity index (χ0n) is 17.1. The van der Waals surface area contributed by atoms with E-state index < -0.39 is 0 Å². The molecule has 0 spiro atoms. The van der Waals surface area contributed by atoms with Crippen LogP contribution in [0.25, 0.3) is 33.8 Å². The molecule has 0 amide bonds. The summed E-state index contributed by atoms with van der Waals surface area (Å²) in [5.41, 5.74) is 8.18. The van der Waals surface area contributed by atoms with E-state index in [0.29, 0.717) is 0 Å². The van der Waals surface area contributed by atoms with Gasteiger partial charge in [0, 0.05) is 23.1 Å². The van der Waals surface area contributed by atoms with Crippen LogP contribution in [-0.4, -0.2) is 9.97 Å². The van der Waals surface area contributed by atoms with Crippen molar-refractivity contribution in [2.75, 3.05) is 0 Å². The Labute approximate surface area is 182 Å². The van der Waals surface area contributed by atoms with Crippen LogP contribution in [0.2, 0.25) is 0 Å². The summed E-state index contributed by atoms with van der Waals surface area (Å²) < 4.78 is 0. The van der Waals surface area contributed by atoms with E-state index in [0.717, 1.165) is 45.9 Å². The van der Waals surface area contributed by atoms with Crippen LogP contribution in [0.15, 0.2) is 121 Å². The summed E-state index contributed by atoms with van der Waals surface area (Å²) >= 11 is 0. The van der Waals surface area contributed by atoms with Gasteiger partial charge in [-0.3, -0.25) is 0 Å². The summed E-state index contributed by atoms with van der Waals surface area (Å²) in [5.74, 6) is 0. The van der Waals surface area contributed by atoms with Crippen LogP contribution >= 0.6 is 0 Å². The van der Waals surface area contributed by atoms with E-state index in [9.17, 15) is 0 Å². The second kappa shape index (κ2) is 8.76. The van der Waals surface area contributed by atoms with Gasteiger partial charge in [-0.15, -0.1) is 0 Å². The highest BCUT2D eigenvalue weighted by atomic mass is 14.9. The molecule has 31 heavy (non-hydrogen) atoms. The van der Waals surface area contributed by atoms with Crippen molar-refractivity contribution in [1.82, 2.24) is 9.97 Å². The summed E-state index contributed by atoms with van der Waals surface area (Å²) in [6.07, 6.45) is 0.729. The maximum absolute atomic E-state index is 5.23.